The number of hydrogen-bond donors (Lipinski definition) is 3. The standard InChI is InChI=1S/C16H23N3O3S.ClH/c1-11-4-5-14(18-16(20)12-3-2-8-17-10-12)9-15(11)23(21,22)19-13-6-7-13;/h4-5,9,12-13,17,19H,2-3,6-8,10H2,1H3,(H,18,20);1H. The third kappa shape index (κ3) is 4.69. The second-order valence-corrected chi connectivity index (χ2v) is 8.09. The van der Waals surface area contributed by atoms with E-state index in [2.05, 4.69) is 15.4 Å². The zero-order chi connectivity index (χ0) is 16.4. The van der Waals surface area contributed by atoms with Gasteiger partial charge in [-0.1, -0.05) is 6.07 Å². The first-order valence-electron chi connectivity index (χ1n) is 8.10. The summed E-state index contributed by atoms with van der Waals surface area (Å²) in [6.07, 6.45) is 3.63. The molecule has 8 heteroatoms. The van der Waals surface area contributed by atoms with E-state index >= 15 is 0 Å². The van der Waals surface area contributed by atoms with E-state index in [4.69, 9.17) is 0 Å². The SMILES string of the molecule is Cc1ccc(NC(=O)C2CCCNC2)cc1S(=O)(=O)NC1CC1.Cl. The topological polar surface area (TPSA) is 87.3 Å². The molecular formula is C16H24ClN3O3S. The van der Waals surface area contributed by atoms with Crippen molar-refractivity contribution in [3.8, 4) is 0 Å². The number of hydrogen-bond acceptors (Lipinski definition) is 4. The predicted molar refractivity (Wildman–Crippen MR) is 96.0 cm³/mol. The molecule has 1 aromatic carbocycles. The molecule has 134 valence electrons. The number of nitrogens with one attached hydrogen (secondary N) is 3. The van der Waals surface area contributed by atoms with E-state index in [0.717, 1.165) is 32.2 Å². The Hall–Kier alpha value is -1.15. The maximum absolute atomic E-state index is 12.4. The van der Waals surface area contributed by atoms with Crippen LogP contribution in [0.4, 0.5) is 5.69 Å². The predicted octanol–water partition coefficient (Wildman–Crippen LogP) is 1.80. The summed E-state index contributed by atoms with van der Waals surface area (Å²) < 4.78 is 27.5. The first-order chi connectivity index (χ1) is 11.0. The molecule has 0 aromatic heterocycles. The zero-order valence-electron chi connectivity index (χ0n) is 13.7. The van der Waals surface area contributed by atoms with Gasteiger partial charge in [-0.25, -0.2) is 13.1 Å². The Morgan fingerprint density at radius 1 is 1.25 bits per heavy atom. The number of sulfonamides is 1. The fourth-order valence-electron chi connectivity index (χ4n) is 2.77. The van der Waals surface area contributed by atoms with Crippen molar-refractivity contribution in [1.82, 2.24) is 10.0 Å². The van der Waals surface area contributed by atoms with E-state index < -0.39 is 10.0 Å². The third-order valence-corrected chi connectivity index (χ3v) is 5.97. The summed E-state index contributed by atoms with van der Waals surface area (Å²) in [7, 11) is -3.52. The highest BCUT2D eigenvalue weighted by Gasteiger charge is 2.29. The van der Waals surface area contributed by atoms with E-state index in [0.29, 0.717) is 17.8 Å². The number of halogens is 1. The Bertz CT molecular complexity index is 699. The first kappa shape index (κ1) is 19.2. The Morgan fingerprint density at radius 3 is 2.62 bits per heavy atom. The van der Waals surface area contributed by atoms with Crippen molar-refractivity contribution in [3.63, 3.8) is 0 Å². The van der Waals surface area contributed by atoms with E-state index in [1.165, 1.54) is 0 Å². The van der Waals surface area contributed by atoms with Crippen LogP contribution >= 0.6 is 12.4 Å². The molecule has 3 N–H and O–H groups in total. The number of rotatable bonds is 5. The molecule has 1 amide bonds. The summed E-state index contributed by atoms with van der Waals surface area (Å²) in [5, 5.41) is 6.06. The lowest BCUT2D eigenvalue weighted by atomic mass is 9.99. The Balaban J connectivity index is 0.00000208. The summed E-state index contributed by atoms with van der Waals surface area (Å²) in [6, 6.07) is 5.09. The van der Waals surface area contributed by atoms with Crippen LogP contribution in [-0.2, 0) is 14.8 Å². The van der Waals surface area contributed by atoms with Gasteiger partial charge in [-0.15, -0.1) is 12.4 Å². The highest BCUT2D eigenvalue weighted by molar-refractivity contribution is 7.89. The molecule has 1 heterocycles. The number of amides is 1. The van der Waals surface area contributed by atoms with Gasteiger partial charge in [0.25, 0.3) is 0 Å². The number of aryl methyl sites for hydroxylation is 1. The van der Waals surface area contributed by atoms with Gasteiger partial charge >= 0.3 is 0 Å². The number of carbonyl (C=O) groups is 1. The van der Waals surface area contributed by atoms with Crippen LogP contribution in [0.3, 0.4) is 0 Å². The molecule has 1 aliphatic heterocycles. The molecule has 1 aromatic rings. The molecule has 1 unspecified atom stereocenters. The van der Waals surface area contributed by atoms with Crippen LogP contribution in [-0.4, -0.2) is 33.5 Å². The summed E-state index contributed by atoms with van der Waals surface area (Å²) in [5.41, 5.74) is 1.21. The quantitative estimate of drug-likeness (QED) is 0.734. The average Bonchev–Trinajstić information content (AvgIpc) is 3.33. The lowest BCUT2D eigenvalue weighted by Gasteiger charge is -2.22. The monoisotopic (exact) mass is 373 g/mol. The van der Waals surface area contributed by atoms with E-state index in [1.807, 2.05) is 0 Å². The third-order valence-electron chi connectivity index (χ3n) is 4.31. The Morgan fingerprint density at radius 2 is 2.00 bits per heavy atom. The summed E-state index contributed by atoms with van der Waals surface area (Å²) in [5.74, 6) is -0.116. The Labute approximate surface area is 149 Å². The molecule has 1 aliphatic carbocycles. The molecular weight excluding hydrogens is 350 g/mol. The number of carbonyl (C=O) groups excluding carboxylic acids is 1. The van der Waals surface area contributed by atoms with Gasteiger partial charge in [-0.3, -0.25) is 4.79 Å². The minimum atomic E-state index is -3.52. The van der Waals surface area contributed by atoms with Crippen molar-refractivity contribution < 1.29 is 13.2 Å². The van der Waals surface area contributed by atoms with Crippen LogP contribution in [0.15, 0.2) is 23.1 Å². The van der Waals surface area contributed by atoms with Gasteiger partial charge in [0.1, 0.15) is 0 Å². The summed E-state index contributed by atoms with van der Waals surface area (Å²) in [6.45, 7) is 3.38. The van der Waals surface area contributed by atoms with Gasteiger partial charge in [-0.05, 0) is 56.8 Å². The van der Waals surface area contributed by atoms with Crippen molar-refractivity contribution in [2.24, 2.45) is 5.92 Å². The van der Waals surface area contributed by atoms with Gasteiger partial charge in [0.15, 0.2) is 0 Å². The normalized spacial score (nSPS) is 21.0. The van der Waals surface area contributed by atoms with Crippen LogP contribution < -0.4 is 15.4 Å². The van der Waals surface area contributed by atoms with Crippen molar-refractivity contribution in [1.29, 1.82) is 0 Å². The molecule has 1 saturated carbocycles. The van der Waals surface area contributed by atoms with Gasteiger partial charge < -0.3 is 10.6 Å². The molecule has 1 atom stereocenters. The molecule has 6 nitrogen and oxygen atoms in total. The molecule has 0 radical (unpaired) electrons. The molecule has 1 saturated heterocycles. The molecule has 2 fully saturated rings. The van der Waals surface area contributed by atoms with Crippen molar-refractivity contribution >= 4 is 34.0 Å². The van der Waals surface area contributed by atoms with Crippen LogP contribution in [0.5, 0.6) is 0 Å². The van der Waals surface area contributed by atoms with Gasteiger partial charge in [0.2, 0.25) is 15.9 Å². The molecule has 24 heavy (non-hydrogen) atoms. The lowest BCUT2D eigenvalue weighted by molar-refractivity contribution is -0.120. The van der Waals surface area contributed by atoms with Crippen molar-refractivity contribution in [2.75, 3.05) is 18.4 Å². The number of piperidine rings is 1. The largest absolute Gasteiger partial charge is 0.326 e. The maximum Gasteiger partial charge on any atom is 0.241 e. The van der Waals surface area contributed by atoms with Gasteiger partial charge in [0, 0.05) is 18.3 Å². The summed E-state index contributed by atoms with van der Waals surface area (Å²) in [4.78, 5) is 12.5. The number of anilines is 1. The molecule has 0 spiro atoms. The molecule has 2 aliphatic rings. The smallest absolute Gasteiger partial charge is 0.241 e. The fourth-order valence-corrected chi connectivity index (χ4v) is 4.35. The van der Waals surface area contributed by atoms with E-state index in [9.17, 15) is 13.2 Å². The van der Waals surface area contributed by atoms with Crippen LogP contribution in [0.2, 0.25) is 0 Å². The van der Waals surface area contributed by atoms with E-state index in [-0.39, 0.29) is 35.2 Å². The van der Waals surface area contributed by atoms with Crippen LogP contribution in [0, 0.1) is 12.8 Å². The van der Waals surface area contributed by atoms with Crippen LogP contribution in [0.25, 0.3) is 0 Å². The minimum absolute atomic E-state index is 0. The second kappa shape index (κ2) is 7.82. The van der Waals surface area contributed by atoms with Crippen molar-refractivity contribution in [3.05, 3.63) is 23.8 Å². The van der Waals surface area contributed by atoms with Gasteiger partial charge in [-0.2, -0.15) is 0 Å². The average molecular weight is 374 g/mol. The van der Waals surface area contributed by atoms with Crippen LogP contribution in [0.1, 0.15) is 31.2 Å². The van der Waals surface area contributed by atoms with Crippen molar-refractivity contribution in [2.45, 2.75) is 43.5 Å². The first-order valence-corrected chi connectivity index (χ1v) is 9.58. The lowest BCUT2D eigenvalue weighted by Crippen LogP contribution is -2.37. The Kier molecular flexibility index (Phi) is 6.25. The maximum atomic E-state index is 12.4. The van der Waals surface area contributed by atoms with Gasteiger partial charge in [0.05, 0.1) is 10.8 Å². The fraction of sp³-hybridized carbons (Fsp3) is 0.562. The molecule has 3 rings (SSSR count). The highest BCUT2D eigenvalue weighted by Crippen LogP contribution is 2.25. The van der Waals surface area contributed by atoms with E-state index in [1.54, 1.807) is 25.1 Å². The number of benzene rings is 1. The summed E-state index contributed by atoms with van der Waals surface area (Å²) >= 11 is 0. The minimum Gasteiger partial charge on any atom is -0.326 e. The zero-order valence-corrected chi connectivity index (χ0v) is 15.3. The second-order valence-electron chi connectivity index (χ2n) is 6.41. The molecule has 0 bridgehead atoms. The highest BCUT2D eigenvalue weighted by atomic mass is 35.5.